The molecular formula is C20H24ClF2N5O2. The van der Waals surface area contributed by atoms with Crippen LogP contribution in [0.2, 0.25) is 5.15 Å². The lowest BCUT2D eigenvalue weighted by Gasteiger charge is -2.32. The normalized spacial score (nSPS) is 27.7. The number of hydrogen-bond donors (Lipinski definition) is 1. The molecule has 7 nitrogen and oxygen atoms in total. The molecule has 2 aromatic rings. The lowest BCUT2D eigenvalue weighted by Crippen LogP contribution is -2.43. The van der Waals surface area contributed by atoms with Crippen LogP contribution in [0.3, 0.4) is 0 Å². The number of aliphatic hydroxyl groups excluding tert-OH is 1. The summed E-state index contributed by atoms with van der Waals surface area (Å²) >= 11 is 5.88. The number of anilines is 1. The number of fused-ring (bicyclic) bond motifs is 2. The highest BCUT2D eigenvalue weighted by Gasteiger charge is 2.49. The molecule has 3 fully saturated rings. The minimum absolute atomic E-state index is 0.0494. The fourth-order valence-corrected chi connectivity index (χ4v) is 5.17. The third-order valence-corrected chi connectivity index (χ3v) is 6.86. The van der Waals surface area contributed by atoms with Gasteiger partial charge in [0.05, 0.1) is 17.0 Å². The van der Waals surface area contributed by atoms with Gasteiger partial charge >= 0.3 is 6.01 Å². The molecule has 1 N–H and O–H groups in total. The first-order valence-corrected chi connectivity index (χ1v) is 10.8. The molecule has 0 amide bonds. The predicted molar refractivity (Wildman–Crippen MR) is 108 cm³/mol. The topological polar surface area (TPSA) is 74.6 Å². The van der Waals surface area contributed by atoms with E-state index < -0.39 is 12.0 Å². The van der Waals surface area contributed by atoms with Crippen LogP contribution in [-0.4, -0.2) is 75.6 Å². The Morgan fingerprint density at radius 3 is 2.87 bits per heavy atom. The van der Waals surface area contributed by atoms with Crippen LogP contribution >= 0.6 is 11.6 Å². The van der Waals surface area contributed by atoms with Crippen molar-refractivity contribution in [2.45, 2.75) is 49.9 Å². The fraction of sp³-hybridized carbons (Fsp3) is 0.650. The molecule has 162 valence electrons. The Kier molecular flexibility index (Phi) is 5.15. The van der Waals surface area contributed by atoms with E-state index >= 15 is 0 Å². The van der Waals surface area contributed by atoms with Gasteiger partial charge < -0.3 is 14.7 Å². The summed E-state index contributed by atoms with van der Waals surface area (Å²) in [6.07, 6.45) is 3.76. The minimum Gasteiger partial charge on any atom is -0.461 e. The first-order valence-electron chi connectivity index (χ1n) is 10.4. The summed E-state index contributed by atoms with van der Waals surface area (Å²) in [7, 11) is 0. The third kappa shape index (κ3) is 3.46. The van der Waals surface area contributed by atoms with E-state index in [0.29, 0.717) is 50.1 Å². The fourth-order valence-electron chi connectivity index (χ4n) is 5.03. The van der Waals surface area contributed by atoms with Crippen LogP contribution in [0.1, 0.15) is 32.1 Å². The highest BCUT2D eigenvalue weighted by Crippen LogP contribution is 2.40. The number of aliphatic hydroxyl groups is 1. The van der Waals surface area contributed by atoms with Gasteiger partial charge in [-0.1, -0.05) is 11.6 Å². The average molecular weight is 440 g/mol. The SMILES string of the molecule is OC1CCN(c2nc(OC[C@@]34CCCN3C[C@H](F)C4)nc3c(F)c(Cl)ncc23)CC1. The Balaban J connectivity index is 1.48. The number of halogens is 3. The van der Waals surface area contributed by atoms with Crippen molar-refractivity contribution in [1.29, 1.82) is 0 Å². The molecule has 30 heavy (non-hydrogen) atoms. The van der Waals surface area contributed by atoms with Crippen molar-refractivity contribution in [3.05, 3.63) is 17.2 Å². The number of rotatable bonds is 4. The summed E-state index contributed by atoms with van der Waals surface area (Å²) < 4.78 is 34.7. The molecule has 0 saturated carbocycles. The maximum absolute atomic E-state index is 14.7. The van der Waals surface area contributed by atoms with E-state index in [2.05, 4.69) is 19.9 Å². The summed E-state index contributed by atoms with van der Waals surface area (Å²) in [5.41, 5.74) is -0.293. The molecule has 3 aliphatic rings. The molecule has 0 unspecified atom stereocenters. The molecule has 3 aliphatic heterocycles. The second-order valence-corrected chi connectivity index (χ2v) is 8.90. The second kappa shape index (κ2) is 7.69. The zero-order chi connectivity index (χ0) is 20.9. The molecule has 3 saturated heterocycles. The van der Waals surface area contributed by atoms with Gasteiger partial charge in [0.15, 0.2) is 11.0 Å². The largest absolute Gasteiger partial charge is 0.461 e. The highest BCUT2D eigenvalue weighted by atomic mass is 35.5. The maximum Gasteiger partial charge on any atom is 0.319 e. The van der Waals surface area contributed by atoms with Crippen molar-refractivity contribution in [3.8, 4) is 6.01 Å². The number of aromatic nitrogens is 3. The summed E-state index contributed by atoms with van der Waals surface area (Å²) in [5.74, 6) is -0.203. The maximum atomic E-state index is 14.7. The van der Waals surface area contributed by atoms with Crippen molar-refractivity contribution in [3.63, 3.8) is 0 Å². The third-order valence-electron chi connectivity index (χ3n) is 6.60. The van der Waals surface area contributed by atoms with Crippen LogP contribution in [0.4, 0.5) is 14.6 Å². The molecule has 0 radical (unpaired) electrons. The lowest BCUT2D eigenvalue weighted by molar-refractivity contribution is 0.107. The Morgan fingerprint density at radius 2 is 2.07 bits per heavy atom. The number of piperidine rings is 1. The second-order valence-electron chi connectivity index (χ2n) is 8.54. The summed E-state index contributed by atoms with van der Waals surface area (Å²) in [6.45, 7) is 2.72. The Labute approximate surface area is 178 Å². The van der Waals surface area contributed by atoms with Crippen molar-refractivity contribution in [1.82, 2.24) is 19.9 Å². The zero-order valence-corrected chi connectivity index (χ0v) is 17.3. The van der Waals surface area contributed by atoms with Crippen LogP contribution < -0.4 is 9.64 Å². The van der Waals surface area contributed by atoms with Gasteiger partial charge in [-0.05, 0) is 32.2 Å². The quantitative estimate of drug-likeness (QED) is 0.734. The van der Waals surface area contributed by atoms with E-state index in [9.17, 15) is 13.9 Å². The van der Waals surface area contributed by atoms with Gasteiger partial charge in [0.2, 0.25) is 0 Å². The van der Waals surface area contributed by atoms with Crippen molar-refractivity contribution in [2.24, 2.45) is 0 Å². The van der Waals surface area contributed by atoms with E-state index in [0.717, 1.165) is 19.4 Å². The van der Waals surface area contributed by atoms with Crippen molar-refractivity contribution in [2.75, 3.05) is 37.7 Å². The van der Waals surface area contributed by atoms with Crippen LogP contribution in [0.5, 0.6) is 6.01 Å². The smallest absolute Gasteiger partial charge is 0.319 e. The van der Waals surface area contributed by atoms with E-state index in [1.54, 1.807) is 0 Å². The highest BCUT2D eigenvalue weighted by molar-refractivity contribution is 6.30. The first-order chi connectivity index (χ1) is 14.4. The van der Waals surface area contributed by atoms with E-state index in [1.165, 1.54) is 6.20 Å². The standard InChI is InChI=1S/C20H24ClF2N5O2/c21-17-15(23)16-14(9-24-17)18(27-6-2-13(29)3-7-27)26-19(25-16)30-11-20-4-1-5-28(20)10-12(22)8-20/h9,12-13,29H,1-8,10-11H2/t12-,20+/m1/s1. The van der Waals surface area contributed by atoms with Gasteiger partial charge in [-0.3, -0.25) is 4.90 Å². The molecular weight excluding hydrogens is 416 g/mol. The lowest BCUT2D eigenvalue weighted by atomic mass is 9.95. The van der Waals surface area contributed by atoms with Gasteiger partial charge in [0, 0.05) is 32.3 Å². The molecule has 0 bridgehead atoms. The number of pyridine rings is 1. The van der Waals surface area contributed by atoms with Crippen LogP contribution in [0, 0.1) is 5.82 Å². The summed E-state index contributed by atoms with van der Waals surface area (Å²) in [6, 6.07) is 0.0494. The zero-order valence-electron chi connectivity index (χ0n) is 16.5. The molecule has 0 aromatic carbocycles. The molecule has 5 heterocycles. The number of hydrogen-bond acceptors (Lipinski definition) is 7. The Hall–Kier alpha value is -1.84. The van der Waals surface area contributed by atoms with Crippen LogP contribution in [0.25, 0.3) is 10.9 Å². The van der Waals surface area contributed by atoms with Crippen molar-refractivity contribution < 1.29 is 18.6 Å². The van der Waals surface area contributed by atoms with Gasteiger partial charge in [-0.15, -0.1) is 0 Å². The van der Waals surface area contributed by atoms with Gasteiger partial charge in [0.25, 0.3) is 0 Å². The molecule has 0 aliphatic carbocycles. The number of alkyl halides is 1. The van der Waals surface area contributed by atoms with Crippen molar-refractivity contribution >= 4 is 28.3 Å². The van der Waals surface area contributed by atoms with Gasteiger partial charge in [-0.25, -0.2) is 13.8 Å². The Bertz CT molecular complexity index is 958. The number of ether oxygens (including phenoxy) is 1. The average Bonchev–Trinajstić information content (AvgIpc) is 3.25. The molecule has 0 spiro atoms. The Morgan fingerprint density at radius 1 is 1.27 bits per heavy atom. The predicted octanol–water partition coefficient (Wildman–Crippen LogP) is 2.73. The van der Waals surface area contributed by atoms with E-state index in [-0.39, 0.29) is 34.9 Å². The van der Waals surface area contributed by atoms with Gasteiger partial charge in [-0.2, -0.15) is 9.97 Å². The first kappa shape index (κ1) is 20.1. The molecule has 10 heteroatoms. The monoisotopic (exact) mass is 439 g/mol. The molecule has 2 aromatic heterocycles. The van der Waals surface area contributed by atoms with Gasteiger partial charge in [0.1, 0.15) is 24.1 Å². The minimum atomic E-state index is -0.857. The van der Waals surface area contributed by atoms with E-state index in [1.807, 2.05) is 4.90 Å². The number of nitrogens with zero attached hydrogens (tertiary/aromatic N) is 5. The summed E-state index contributed by atoms with van der Waals surface area (Å²) in [5, 5.41) is 10.0. The van der Waals surface area contributed by atoms with Crippen LogP contribution in [0.15, 0.2) is 6.20 Å². The molecule has 5 rings (SSSR count). The summed E-state index contributed by atoms with van der Waals surface area (Å²) in [4.78, 5) is 16.9. The van der Waals surface area contributed by atoms with Crippen LogP contribution in [-0.2, 0) is 0 Å². The van der Waals surface area contributed by atoms with E-state index in [4.69, 9.17) is 16.3 Å². The molecule has 2 atom stereocenters.